The molecule has 0 spiro atoms. The number of ether oxygens (including phenoxy) is 1. The molecule has 1 fully saturated rings. The van der Waals surface area contributed by atoms with Gasteiger partial charge < -0.3 is 15.0 Å². The highest BCUT2D eigenvalue weighted by atomic mass is 35.5. The zero-order chi connectivity index (χ0) is 15.4. The van der Waals surface area contributed by atoms with Crippen LogP contribution in [0.2, 0.25) is 5.15 Å². The monoisotopic (exact) mass is 312 g/mol. The Kier molecular flexibility index (Phi) is 5.36. The highest BCUT2D eigenvalue weighted by Gasteiger charge is 2.32. The highest BCUT2D eigenvalue weighted by molar-refractivity contribution is 6.30. The molecule has 0 aliphatic carbocycles. The topological polar surface area (TPSA) is 67.3 Å². The summed E-state index contributed by atoms with van der Waals surface area (Å²) in [6.45, 7) is 7.39. The van der Waals surface area contributed by atoms with Gasteiger partial charge in [-0.25, -0.2) is 9.97 Å². The van der Waals surface area contributed by atoms with E-state index < -0.39 is 6.04 Å². The Morgan fingerprint density at radius 2 is 2.33 bits per heavy atom. The van der Waals surface area contributed by atoms with Gasteiger partial charge in [-0.15, -0.1) is 0 Å². The molecule has 1 N–H and O–H groups in total. The van der Waals surface area contributed by atoms with Gasteiger partial charge in [0.1, 0.15) is 23.3 Å². The molecule has 1 aliphatic heterocycles. The van der Waals surface area contributed by atoms with Gasteiger partial charge in [-0.05, 0) is 20.3 Å². The van der Waals surface area contributed by atoms with Crippen LogP contribution in [0.1, 0.15) is 26.3 Å². The van der Waals surface area contributed by atoms with E-state index in [4.69, 9.17) is 16.3 Å². The zero-order valence-electron chi connectivity index (χ0n) is 12.6. The van der Waals surface area contributed by atoms with E-state index >= 15 is 0 Å². The van der Waals surface area contributed by atoms with Gasteiger partial charge in [0, 0.05) is 18.2 Å². The first-order valence-electron chi connectivity index (χ1n) is 7.18. The number of aromatic nitrogens is 2. The molecule has 2 rings (SSSR count). The molecule has 1 aliphatic rings. The van der Waals surface area contributed by atoms with Gasteiger partial charge in [-0.3, -0.25) is 4.79 Å². The Morgan fingerprint density at radius 3 is 3.00 bits per heavy atom. The maximum Gasteiger partial charge on any atom is 0.245 e. The molecule has 1 amide bonds. The minimum atomic E-state index is -0.391. The lowest BCUT2D eigenvalue weighted by molar-refractivity contribution is -0.125. The predicted molar refractivity (Wildman–Crippen MR) is 81.7 cm³/mol. The number of carbonyl (C=O) groups is 1. The van der Waals surface area contributed by atoms with Gasteiger partial charge in [0.15, 0.2) is 0 Å². The summed E-state index contributed by atoms with van der Waals surface area (Å²) in [6, 6.07) is -0.307. The van der Waals surface area contributed by atoms with Crippen LogP contribution in [0.25, 0.3) is 0 Å². The fourth-order valence-electron chi connectivity index (χ4n) is 2.39. The van der Waals surface area contributed by atoms with Gasteiger partial charge in [0.2, 0.25) is 5.91 Å². The Bertz CT molecular complexity index is 510. The fraction of sp³-hybridized carbons (Fsp3) is 0.643. The van der Waals surface area contributed by atoms with E-state index in [1.807, 2.05) is 25.7 Å². The SMILES string of the molecule is CCc1c(Cl)ncnc1N1CCOCC1C(=O)NC(C)C. The maximum absolute atomic E-state index is 12.4. The van der Waals surface area contributed by atoms with Gasteiger partial charge >= 0.3 is 0 Å². The average molecular weight is 313 g/mol. The number of hydrogen-bond donors (Lipinski definition) is 1. The molecule has 0 saturated carbocycles. The maximum atomic E-state index is 12.4. The van der Waals surface area contributed by atoms with E-state index in [0.717, 1.165) is 11.4 Å². The average Bonchev–Trinajstić information content (AvgIpc) is 2.46. The summed E-state index contributed by atoms with van der Waals surface area (Å²) in [6.07, 6.45) is 2.15. The van der Waals surface area contributed by atoms with E-state index in [9.17, 15) is 4.79 Å². The molecule has 1 unspecified atom stereocenters. The number of nitrogens with one attached hydrogen (secondary N) is 1. The molecule has 2 heterocycles. The third-order valence-electron chi connectivity index (χ3n) is 3.36. The second kappa shape index (κ2) is 7.04. The molecular formula is C14H21ClN4O2. The summed E-state index contributed by atoms with van der Waals surface area (Å²) in [5, 5.41) is 3.37. The van der Waals surface area contributed by atoms with Crippen molar-refractivity contribution < 1.29 is 9.53 Å². The van der Waals surface area contributed by atoms with Gasteiger partial charge in [0.25, 0.3) is 0 Å². The zero-order valence-corrected chi connectivity index (χ0v) is 13.4. The van der Waals surface area contributed by atoms with E-state index in [1.165, 1.54) is 6.33 Å². The van der Waals surface area contributed by atoms with Crippen LogP contribution < -0.4 is 10.2 Å². The summed E-state index contributed by atoms with van der Waals surface area (Å²) < 4.78 is 5.46. The molecule has 0 aromatic carbocycles. The largest absolute Gasteiger partial charge is 0.377 e. The van der Waals surface area contributed by atoms with Crippen molar-refractivity contribution >= 4 is 23.3 Å². The van der Waals surface area contributed by atoms with Crippen LogP contribution in [-0.4, -0.2) is 47.7 Å². The van der Waals surface area contributed by atoms with Crippen LogP contribution >= 0.6 is 11.6 Å². The minimum Gasteiger partial charge on any atom is -0.377 e. The quantitative estimate of drug-likeness (QED) is 0.852. The lowest BCUT2D eigenvalue weighted by Gasteiger charge is -2.36. The van der Waals surface area contributed by atoms with Crippen molar-refractivity contribution in [3.05, 3.63) is 17.0 Å². The smallest absolute Gasteiger partial charge is 0.245 e. The lowest BCUT2D eigenvalue weighted by Crippen LogP contribution is -2.55. The first-order valence-corrected chi connectivity index (χ1v) is 7.56. The number of morpholine rings is 1. The molecule has 116 valence electrons. The number of carbonyl (C=O) groups excluding carboxylic acids is 1. The van der Waals surface area contributed by atoms with Crippen LogP contribution in [0.5, 0.6) is 0 Å². The summed E-state index contributed by atoms with van der Waals surface area (Å²) in [5.74, 6) is 0.672. The molecule has 0 radical (unpaired) electrons. The van der Waals surface area contributed by atoms with Crippen molar-refractivity contribution in [2.75, 3.05) is 24.7 Å². The molecule has 7 heteroatoms. The summed E-state index contributed by atoms with van der Waals surface area (Å²) in [5.41, 5.74) is 0.864. The van der Waals surface area contributed by atoms with Crippen molar-refractivity contribution in [1.29, 1.82) is 0 Å². The number of nitrogens with zero attached hydrogens (tertiary/aromatic N) is 3. The van der Waals surface area contributed by atoms with E-state index in [2.05, 4.69) is 15.3 Å². The Balaban J connectivity index is 2.31. The van der Waals surface area contributed by atoms with E-state index in [1.54, 1.807) is 0 Å². The van der Waals surface area contributed by atoms with Crippen LogP contribution in [0.4, 0.5) is 5.82 Å². The normalized spacial score (nSPS) is 18.9. The van der Waals surface area contributed by atoms with Crippen molar-refractivity contribution in [2.24, 2.45) is 0 Å². The van der Waals surface area contributed by atoms with E-state index in [0.29, 0.717) is 31.3 Å². The molecule has 1 aromatic heterocycles. The van der Waals surface area contributed by atoms with Crippen LogP contribution in [0.15, 0.2) is 6.33 Å². The number of hydrogen-bond acceptors (Lipinski definition) is 5. The van der Waals surface area contributed by atoms with Crippen molar-refractivity contribution in [3.63, 3.8) is 0 Å². The molecule has 21 heavy (non-hydrogen) atoms. The molecule has 1 saturated heterocycles. The van der Waals surface area contributed by atoms with Crippen LogP contribution in [0, 0.1) is 0 Å². The Labute approximate surface area is 129 Å². The fourth-order valence-corrected chi connectivity index (χ4v) is 2.65. The molecule has 1 atom stereocenters. The predicted octanol–water partition coefficient (Wildman–Crippen LogP) is 1.42. The third kappa shape index (κ3) is 3.63. The molecule has 1 aromatic rings. The third-order valence-corrected chi connectivity index (χ3v) is 3.68. The van der Waals surface area contributed by atoms with Crippen molar-refractivity contribution in [3.8, 4) is 0 Å². The minimum absolute atomic E-state index is 0.0542. The summed E-state index contributed by atoms with van der Waals surface area (Å²) in [4.78, 5) is 22.7. The molecule has 6 nitrogen and oxygen atoms in total. The standard InChI is InChI=1S/C14H21ClN4O2/c1-4-10-12(15)16-8-17-13(10)19-5-6-21-7-11(19)14(20)18-9(2)3/h8-9,11H,4-7H2,1-3H3,(H,18,20). The lowest BCUT2D eigenvalue weighted by atomic mass is 10.1. The number of halogens is 1. The Morgan fingerprint density at radius 1 is 1.57 bits per heavy atom. The summed E-state index contributed by atoms with van der Waals surface area (Å²) >= 11 is 6.15. The molecular weight excluding hydrogens is 292 g/mol. The van der Waals surface area contributed by atoms with Crippen LogP contribution in [-0.2, 0) is 16.0 Å². The van der Waals surface area contributed by atoms with Crippen molar-refractivity contribution in [1.82, 2.24) is 15.3 Å². The highest BCUT2D eigenvalue weighted by Crippen LogP contribution is 2.26. The van der Waals surface area contributed by atoms with Crippen molar-refractivity contribution in [2.45, 2.75) is 39.3 Å². The number of anilines is 1. The first-order chi connectivity index (χ1) is 10.0. The van der Waals surface area contributed by atoms with Gasteiger partial charge in [-0.2, -0.15) is 0 Å². The van der Waals surface area contributed by atoms with E-state index in [-0.39, 0.29) is 11.9 Å². The number of rotatable bonds is 4. The second-order valence-corrected chi connectivity index (χ2v) is 5.63. The first kappa shape index (κ1) is 16.0. The number of amides is 1. The van der Waals surface area contributed by atoms with Crippen LogP contribution in [0.3, 0.4) is 0 Å². The molecule has 0 bridgehead atoms. The summed E-state index contributed by atoms with van der Waals surface area (Å²) in [7, 11) is 0. The second-order valence-electron chi connectivity index (χ2n) is 5.27. The van der Waals surface area contributed by atoms with Gasteiger partial charge in [-0.1, -0.05) is 18.5 Å². The Hall–Kier alpha value is -1.40. The van der Waals surface area contributed by atoms with Gasteiger partial charge in [0.05, 0.1) is 13.2 Å².